The summed E-state index contributed by atoms with van der Waals surface area (Å²) in [7, 11) is 0. The first-order chi connectivity index (χ1) is 18.4. The molecular formula is C28H27N5O4S. The summed E-state index contributed by atoms with van der Waals surface area (Å²) >= 11 is -2.35. The van der Waals surface area contributed by atoms with E-state index in [1.54, 1.807) is 52.4 Å². The fourth-order valence-electron chi connectivity index (χ4n) is 4.44. The number of para-hydroxylation sites is 1. The molecule has 1 aliphatic heterocycles. The maximum atomic E-state index is 13.1. The standard InChI is InChI=1S/C28H27N5O4S/c1-20-7-11-23(12-8-20)30-28(35)32-18-16-31(17-19-32)27(34)22-9-13-24(14-10-22)33(38(36)37)25-6-2-4-21-5-3-15-29-26(21)25/h2-15H,16-19H2,1H3,(H,30,35)(H,36,37). The Morgan fingerprint density at radius 1 is 0.895 bits per heavy atom. The van der Waals surface area contributed by atoms with E-state index in [-0.39, 0.29) is 11.9 Å². The molecule has 2 heterocycles. The summed E-state index contributed by atoms with van der Waals surface area (Å²) in [4.78, 5) is 33.5. The number of pyridine rings is 1. The minimum atomic E-state index is -2.35. The molecule has 1 aromatic heterocycles. The van der Waals surface area contributed by atoms with Crippen LogP contribution in [0.25, 0.3) is 10.9 Å². The molecule has 1 aliphatic rings. The normalized spacial score (nSPS) is 14.3. The number of carbonyl (C=O) groups excluding carboxylic acids is 2. The van der Waals surface area contributed by atoms with Crippen molar-refractivity contribution in [2.45, 2.75) is 6.92 Å². The average Bonchev–Trinajstić information content (AvgIpc) is 2.94. The number of benzene rings is 3. The summed E-state index contributed by atoms with van der Waals surface area (Å²) in [5.41, 5.74) is 3.86. The molecule has 0 radical (unpaired) electrons. The van der Waals surface area contributed by atoms with Crippen LogP contribution < -0.4 is 9.62 Å². The Balaban J connectivity index is 1.25. The number of aryl methyl sites for hydroxylation is 1. The first-order valence-electron chi connectivity index (χ1n) is 12.2. The lowest BCUT2D eigenvalue weighted by atomic mass is 10.1. The second kappa shape index (κ2) is 11.0. The van der Waals surface area contributed by atoms with Crippen LogP contribution in [0.5, 0.6) is 0 Å². The number of hydrogen-bond acceptors (Lipinski definition) is 4. The van der Waals surface area contributed by atoms with Gasteiger partial charge in [0.15, 0.2) is 0 Å². The fraction of sp³-hybridized carbons (Fsp3) is 0.179. The maximum absolute atomic E-state index is 13.1. The van der Waals surface area contributed by atoms with Crippen LogP contribution >= 0.6 is 0 Å². The molecule has 2 N–H and O–H groups in total. The lowest BCUT2D eigenvalue weighted by Crippen LogP contribution is -2.51. The van der Waals surface area contributed by atoms with Gasteiger partial charge in [-0.1, -0.05) is 35.9 Å². The van der Waals surface area contributed by atoms with E-state index in [0.29, 0.717) is 48.6 Å². The molecule has 0 spiro atoms. The highest BCUT2D eigenvalue weighted by atomic mass is 32.2. The van der Waals surface area contributed by atoms with Crippen LogP contribution in [-0.2, 0) is 11.3 Å². The second-order valence-corrected chi connectivity index (χ2v) is 9.83. The molecule has 9 nitrogen and oxygen atoms in total. The Bertz CT molecular complexity index is 1480. The molecule has 4 aromatic rings. The number of nitrogens with zero attached hydrogens (tertiary/aromatic N) is 4. The Labute approximate surface area is 223 Å². The van der Waals surface area contributed by atoms with Crippen LogP contribution in [0.2, 0.25) is 0 Å². The molecule has 194 valence electrons. The minimum Gasteiger partial charge on any atom is -0.335 e. The molecule has 0 bridgehead atoms. The number of carbonyl (C=O) groups is 2. The van der Waals surface area contributed by atoms with E-state index in [2.05, 4.69) is 10.3 Å². The fourth-order valence-corrected chi connectivity index (χ4v) is 5.06. The van der Waals surface area contributed by atoms with Crippen molar-refractivity contribution >= 4 is 51.2 Å². The van der Waals surface area contributed by atoms with Crippen LogP contribution in [0.15, 0.2) is 85.1 Å². The van der Waals surface area contributed by atoms with Gasteiger partial charge in [0.25, 0.3) is 17.2 Å². The molecule has 38 heavy (non-hydrogen) atoms. The number of amides is 3. The zero-order valence-electron chi connectivity index (χ0n) is 20.8. The van der Waals surface area contributed by atoms with E-state index in [1.165, 1.54) is 4.31 Å². The summed E-state index contributed by atoms with van der Waals surface area (Å²) in [6, 6.07) is 23.1. The van der Waals surface area contributed by atoms with Gasteiger partial charge in [-0.3, -0.25) is 14.3 Å². The van der Waals surface area contributed by atoms with Gasteiger partial charge in [-0.15, -0.1) is 0 Å². The first-order valence-corrected chi connectivity index (χ1v) is 13.2. The Morgan fingerprint density at radius 3 is 2.24 bits per heavy atom. The predicted molar refractivity (Wildman–Crippen MR) is 149 cm³/mol. The van der Waals surface area contributed by atoms with Crippen LogP contribution in [0, 0.1) is 6.92 Å². The Hall–Kier alpha value is -4.28. The molecule has 5 rings (SSSR count). The zero-order valence-corrected chi connectivity index (χ0v) is 21.6. The van der Waals surface area contributed by atoms with Crippen molar-refractivity contribution in [3.8, 4) is 0 Å². The van der Waals surface area contributed by atoms with Gasteiger partial charge in [-0.25, -0.2) is 13.3 Å². The van der Waals surface area contributed by atoms with Gasteiger partial charge in [0.05, 0.1) is 16.9 Å². The lowest BCUT2D eigenvalue weighted by molar-refractivity contribution is 0.0671. The number of anilines is 3. The summed E-state index contributed by atoms with van der Waals surface area (Å²) in [6.45, 7) is 3.66. The number of piperazine rings is 1. The molecular weight excluding hydrogens is 502 g/mol. The molecule has 3 aromatic carbocycles. The Kier molecular flexibility index (Phi) is 7.34. The molecule has 1 unspecified atom stereocenters. The van der Waals surface area contributed by atoms with Crippen molar-refractivity contribution < 1.29 is 18.4 Å². The third kappa shape index (κ3) is 5.36. The molecule has 1 fully saturated rings. The third-order valence-corrected chi connectivity index (χ3v) is 7.21. The second-order valence-electron chi connectivity index (χ2n) is 9.00. The summed E-state index contributed by atoms with van der Waals surface area (Å²) < 4.78 is 23.7. The van der Waals surface area contributed by atoms with E-state index in [1.807, 2.05) is 49.4 Å². The van der Waals surface area contributed by atoms with Gasteiger partial charge in [-0.05, 0) is 55.5 Å². The smallest absolute Gasteiger partial charge is 0.321 e. The largest absolute Gasteiger partial charge is 0.335 e. The molecule has 1 saturated heterocycles. The molecule has 0 aliphatic carbocycles. The maximum Gasteiger partial charge on any atom is 0.321 e. The monoisotopic (exact) mass is 529 g/mol. The van der Waals surface area contributed by atoms with Crippen LogP contribution in [0.4, 0.5) is 21.9 Å². The quantitative estimate of drug-likeness (QED) is 0.361. The molecule has 3 amide bonds. The van der Waals surface area contributed by atoms with Crippen molar-refractivity contribution in [2.75, 3.05) is 35.8 Å². The van der Waals surface area contributed by atoms with E-state index >= 15 is 0 Å². The zero-order chi connectivity index (χ0) is 26.6. The van der Waals surface area contributed by atoms with Crippen LogP contribution in [-0.4, -0.2) is 61.7 Å². The average molecular weight is 530 g/mol. The lowest BCUT2D eigenvalue weighted by Gasteiger charge is -2.34. The SMILES string of the molecule is Cc1ccc(NC(=O)N2CCN(C(=O)c3ccc(N(c4cccc5cccnc45)S(=O)O)cc3)CC2)cc1. The van der Waals surface area contributed by atoms with Crippen molar-refractivity contribution in [1.29, 1.82) is 0 Å². The van der Waals surface area contributed by atoms with Gasteiger partial charge < -0.3 is 15.1 Å². The number of aromatic nitrogens is 1. The Morgan fingerprint density at radius 2 is 1.55 bits per heavy atom. The number of nitrogens with one attached hydrogen (secondary N) is 1. The summed E-state index contributed by atoms with van der Waals surface area (Å²) in [5, 5.41) is 3.74. The van der Waals surface area contributed by atoms with Crippen molar-refractivity contribution in [3.63, 3.8) is 0 Å². The number of fused-ring (bicyclic) bond motifs is 1. The third-order valence-electron chi connectivity index (χ3n) is 6.49. The van der Waals surface area contributed by atoms with Gasteiger partial charge >= 0.3 is 6.03 Å². The van der Waals surface area contributed by atoms with E-state index in [9.17, 15) is 18.4 Å². The highest BCUT2D eigenvalue weighted by molar-refractivity contribution is 7.81. The van der Waals surface area contributed by atoms with Crippen molar-refractivity contribution in [1.82, 2.24) is 14.8 Å². The predicted octanol–water partition coefficient (Wildman–Crippen LogP) is 4.81. The molecule has 1 atom stereocenters. The first kappa shape index (κ1) is 25.4. The van der Waals surface area contributed by atoms with Gasteiger partial charge in [0, 0.05) is 49.0 Å². The van der Waals surface area contributed by atoms with Gasteiger partial charge in [0.1, 0.15) is 0 Å². The van der Waals surface area contributed by atoms with Gasteiger partial charge in [0.2, 0.25) is 0 Å². The number of urea groups is 1. The molecule has 0 saturated carbocycles. The number of hydrogen-bond donors (Lipinski definition) is 2. The highest BCUT2D eigenvalue weighted by Crippen LogP contribution is 2.32. The minimum absolute atomic E-state index is 0.154. The van der Waals surface area contributed by atoms with E-state index in [0.717, 1.165) is 16.6 Å². The highest BCUT2D eigenvalue weighted by Gasteiger charge is 2.25. The molecule has 10 heteroatoms. The van der Waals surface area contributed by atoms with Crippen molar-refractivity contribution in [2.24, 2.45) is 0 Å². The number of rotatable bonds is 5. The van der Waals surface area contributed by atoms with Gasteiger partial charge in [-0.2, -0.15) is 0 Å². The van der Waals surface area contributed by atoms with Crippen molar-refractivity contribution in [3.05, 3.63) is 96.2 Å². The van der Waals surface area contributed by atoms with Crippen LogP contribution in [0.1, 0.15) is 15.9 Å². The summed E-state index contributed by atoms with van der Waals surface area (Å²) in [6.07, 6.45) is 1.64. The van der Waals surface area contributed by atoms with E-state index < -0.39 is 11.3 Å². The van der Waals surface area contributed by atoms with Crippen LogP contribution in [0.3, 0.4) is 0 Å². The summed E-state index contributed by atoms with van der Waals surface area (Å²) in [5.74, 6) is -0.154. The van der Waals surface area contributed by atoms with E-state index in [4.69, 9.17) is 0 Å². The topological polar surface area (TPSA) is 106 Å².